The maximum absolute atomic E-state index is 12.6. The topological polar surface area (TPSA) is 86.5 Å². The van der Waals surface area contributed by atoms with Crippen molar-refractivity contribution in [2.24, 2.45) is 0 Å². The number of aromatic amines is 2. The smallest absolute Gasteiger partial charge is 0.260 e. The average molecular weight is 384 g/mol. The van der Waals surface area contributed by atoms with Gasteiger partial charge in [-0.2, -0.15) is 10.2 Å². The summed E-state index contributed by atoms with van der Waals surface area (Å²) in [7, 11) is 0. The molecule has 0 atom stereocenters. The van der Waals surface area contributed by atoms with E-state index in [0.29, 0.717) is 22.1 Å². The fourth-order valence-corrected chi connectivity index (χ4v) is 3.53. The predicted octanol–water partition coefficient (Wildman–Crippen LogP) is 4.74. The Labute approximate surface area is 158 Å². The van der Waals surface area contributed by atoms with Crippen LogP contribution in [0.2, 0.25) is 5.02 Å². The zero-order valence-electron chi connectivity index (χ0n) is 13.7. The van der Waals surface area contributed by atoms with Crippen LogP contribution in [0.25, 0.3) is 21.8 Å². The van der Waals surface area contributed by atoms with E-state index in [1.807, 2.05) is 37.3 Å². The third kappa shape index (κ3) is 3.26. The molecule has 0 aliphatic rings. The minimum Gasteiger partial charge on any atom is -0.305 e. The molecule has 4 aromatic rings. The first-order valence-electron chi connectivity index (χ1n) is 7.83. The van der Waals surface area contributed by atoms with Crippen molar-refractivity contribution >= 4 is 34.7 Å². The number of aromatic nitrogens is 4. The number of anilines is 1. The molecule has 4 rings (SSSR count). The Morgan fingerprint density at radius 2 is 1.96 bits per heavy atom. The van der Waals surface area contributed by atoms with Crippen molar-refractivity contribution in [2.45, 2.75) is 6.92 Å². The van der Waals surface area contributed by atoms with Gasteiger partial charge in [0.05, 0.1) is 28.0 Å². The van der Waals surface area contributed by atoms with Crippen LogP contribution in [0.4, 0.5) is 5.82 Å². The number of amides is 1. The van der Waals surface area contributed by atoms with Gasteiger partial charge in [0.25, 0.3) is 5.91 Å². The number of carbonyl (C=O) groups is 1. The molecule has 0 bridgehead atoms. The van der Waals surface area contributed by atoms with E-state index in [9.17, 15) is 4.79 Å². The normalized spacial score (nSPS) is 10.8. The Morgan fingerprint density at radius 1 is 1.15 bits per heavy atom. The van der Waals surface area contributed by atoms with E-state index in [0.717, 1.165) is 16.1 Å². The van der Waals surface area contributed by atoms with Crippen LogP contribution in [-0.4, -0.2) is 26.3 Å². The number of H-pyrrole nitrogens is 2. The number of hydrogen-bond acceptors (Lipinski definition) is 4. The minimum atomic E-state index is -0.288. The zero-order chi connectivity index (χ0) is 18.1. The highest BCUT2D eigenvalue weighted by molar-refractivity contribution is 7.15. The number of thiophene rings is 1. The number of nitrogens with zero attached hydrogens (tertiary/aromatic N) is 2. The van der Waals surface area contributed by atoms with Crippen molar-refractivity contribution < 1.29 is 4.79 Å². The fraction of sp³-hybridized carbons (Fsp3) is 0.0556. The largest absolute Gasteiger partial charge is 0.305 e. The van der Waals surface area contributed by atoms with Gasteiger partial charge in [0.2, 0.25) is 0 Å². The molecule has 6 nitrogen and oxygen atoms in total. The molecule has 0 saturated heterocycles. The van der Waals surface area contributed by atoms with Gasteiger partial charge in [-0.3, -0.25) is 15.0 Å². The Bertz CT molecular complexity index is 1060. The van der Waals surface area contributed by atoms with Gasteiger partial charge in [0.15, 0.2) is 5.82 Å². The number of halogens is 1. The lowest BCUT2D eigenvalue weighted by Crippen LogP contribution is -2.12. The van der Waals surface area contributed by atoms with E-state index in [4.69, 9.17) is 11.6 Å². The van der Waals surface area contributed by atoms with Crippen LogP contribution >= 0.6 is 22.9 Å². The number of aryl methyl sites for hydroxylation is 1. The summed E-state index contributed by atoms with van der Waals surface area (Å²) in [6.45, 7) is 2.05. The summed E-state index contributed by atoms with van der Waals surface area (Å²) < 4.78 is 0. The first kappa shape index (κ1) is 16.6. The summed E-state index contributed by atoms with van der Waals surface area (Å²) in [5.74, 6) is 0.170. The third-order valence-corrected chi connectivity index (χ3v) is 5.13. The lowest BCUT2D eigenvalue weighted by molar-refractivity contribution is 0.102. The van der Waals surface area contributed by atoms with Gasteiger partial charge in [-0.15, -0.1) is 11.3 Å². The molecule has 1 amide bonds. The average Bonchev–Trinajstić information content (AvgIpc) is 3.35. The van der Waals surface area contributed by atoms with Crippen LogP contribution in [0.3, 0.4) is 0 Å². The van der Waals surface area contributed by atoms with E-state index >= 15 is 0 Å². The molecule has 3 heterocycles. The highest BCUT2D eigenvalue weighted by atomic mass is 35.5. The van der Waals surface area contributed by atoms with Crippen molar-refractivity contribution in [2.75, 3.05) is 5.32 Å². The molecule has 0 saturated carbocycles. The minimum absolute atomic E-state index is 0.288. The first-order valence-corrected chi connectivity index (χ1v) is 9.02. The Morgan fingerprint density at radius 3 is 2.69 bits per heavy atom. The van der Waals surface area contributed by atoms with Gasteiger partial charge in [-0.25, -0.2) is 0 Å². The molecule has 26 heavy (non-hydrogen) atoms. The van der Waals surface area contributed by atoms with Crippen LogP contribution in [0.1, 0.15) is 15.2 Å². The van der Waals surface area contributed by atoms with Crippen molar-refractivity contribution in [3.05, 3.63) is 64.1 Å². The molecular formula is C18H14ClN5OS. The standard InChI is InChI=1S/C18H14ClN5OS/c1-10-2-7-15(26-10)14-8-16(23-22-14)21-18(25)13-9-20-24-17(13)11-3-5-12(19)6-4-11/h2-9H,1H3,(H,20,24)(H2,21,22,23,25). The van der Waals surface area contributed by atoms with Gasteiger partial charge < -0.3 is 5.32 Å². The second-order valence-electron chi connectivity index (χ2n) is 5.70. The van der Waals surface area contributed by atoms with Gasteiger partial charge in [0, 0.05) is 21.5 Å². The van der Waals surface area contributed by atoms with Crippen LogP contribution in [0, 0.1) is 6.92 Å². The molecule has 3 aromatic heterocycles. The third-order valence-electron chi connectivity index (χ3n) is 3.84. The molecule has 0 spiro atoms. The number of benzene rings is 1. The van der Waals surface area contributed by atoms with E-state index in [1.165, 1.54) is 11.1 Å². The summed E-state index contributed by atoms with van der Waals surface area (Å²) in [4.78, 5) is 14.9. The Kier molecular flexibility index (Phi) is 4.32. The molecule has 130 valence electrons. The molecule has 0 radical (unpaired) electrons. The van der Waals surface area contributed by atoms with Crippen LogP contribution in [0.5, 0.6) is 0 Å². The lowest BCUT2D eigenvalue weighted by atomic mass is 10.1. The van der Waals surface area contributed by atoms with Gasteiger partial charge >= 0.3 is 0 Å². The Hall–Kier alpha value is -2.90. The number of rotatable bonds is 4. The predicted molar refractivity (Wildman–Crippen MR) is 104 cm³/mol. The number of hydrogen-bond donors (Lipinski definition) is 3. The van der Waals surface area contributed by atoms with Gasteiger partial charge in [0.1, 0.15) is 0 Å². The van der Waals surface area contributed by atoms with Crippen LogP contribution in [0.15, 0.2) is 48.7 Å². The SMILES string of the molecule is Cc1ccc(-c2cc(NC(=O)c3cn[nH]c3-c3ccc(Cl)cc3)n[nH]2)s1. The van der Waals surface area contributed by atoms with Gasteiger partial charge in [-0.1, -0.05) is 23.7 Å². The van der Waals surface area contributed by atoms with Crippen molar-refractivity contribution in [3.8, 4) is 21.8 Å². The zero-order valence-corrected chi connectivity index (χ0v) is 15.3. The lowest BCUT2D eigenvalue weighted by Gasteiger charge is -2.03. The summed E-state index contributed by atoms with van der Waals surface area (Å²) in [6.07, 6.45) is 1.50. The monoisotopic (exact) mass is 383 g/mol. The first-order chi connectivity index (χ1) is 12.6. The number of carbonyl (C=O) groups excluding carboxylic acids is 1. The molecule has 3 N–H and O–H groups in total. The Balaban J connectivity index is 1.55. The highest BCUT2D eigenvalue weighted by Gasteiger charge is 2.17. The summed E-state index contributed by atoms with van der Waals surface area (Å²) in [5.41, 5.74) is 2.75. The summed E-state index contributed by atoms with van der Waals surface area (Å²) in [6, 6.07) is 13.1. The van der Waals surface area contributed by atoms with Gasteiger partial charge in [-0.05, 0) is 31.2 Å². The van der Waals surface area contributed by atoms with E-state index < -0.39 is 0 Å². The molecule has 0 aliphatic heterocycles. The molecule has 8 heteroatoms. The van der Waals surface area contributed by atoms with Crippen LogP contribution in [-0.2, 0) is 0 Å². The van der Waals surface area contributed by atoms with Crippen LogP contribution < -0.4 is 5.32 Å². The quantitative estimate of drug-likeness (QED) is 0.475. The summed E-state index contributed by atoms with van der Waals surface area (Å²) in [5, 5.41) is 17.4. The van der Waals surface area contributed by atoms with Crippen molar-refractivity contribution in [3.63, 3.8) is 0 Å². The molecule has 0 fully saturated rings. The van der Waals surface area contributed by atoms with E-state index in [2.05, 4.69) is 25.7 Å². The fourth-order valence-electron chi connectivity index (χ4n) is 2.57. The van der Waals surface area contributed by atoms with Crippen molar-refractivity contribution in [1.82, 2.24) is 20.4 Å². The maximum Gasteiger partial charge on any atom is 0.260 e. The molecule has 0 unspecified atom stereocenters. The second-order valence-corrected chi connectivity index (χ2v) is 7.42. The van der Waals surface area contributed by atoms with Crippen molar-refractivity contribution in [1.29, 1.82) is 0 Å². The molecular weight excluding hydrogens is 370 g/mol. The molecule has 0 aliphatic carbocycles. The summed E-state index contributed by atoms with van der Waals surface area (Å²) >= 11 is 7.58. The highest BCUT2D eigenvalue weighted by Crippen LogP contribution is 2.28. The number of nitrogens with one attached hydrogen (secondary N) is 3. The molecule has 1 aromatic carbocycles. The maximum atomic E-state index is 12.6. The second kappa shape index (κ2) is 6.78. The van der Waals surface area contributed by atoms with E-state index in [1.54, 1.807) is 23.5 Å². The van der Waals surface area contributed by atoms with E-state index in [-0.39, 0.29) is 5.91 Å².